The predicted octanol–water partition coefficient (Wildman–Crippen LogP) is 4.96. The molecule has 0 bridgehead atoms. The number of fused-ring (bicyclic) bond motifs is 2. The Bertz CT molecular complexity index is 1470. The van der Waals surface area contributed by atoms with Crippen LogP contribution in [0.2, 0.25) is 0 Å². The molecule has 1 aliphatic carbocycles. The van der Waals surface area contributed by atoms with Crippen molar-refractivity contribution in [3.63, 3.8) is 0 Å². The quantitative estimate of drug-likeness (QED) is 0.312. The third-order valence-electron chi connectivity index (χ3n) is 6.57. The fourth-order valence-electron chi connectivity index (χ4n) is 5.05. The lowest BCUT2D eigenvalue weighted by Gasteiger charge is -2.32. The topological polar surface area (TPSA) is 70.4 Å². The molecule has 0 aliphatic heterocycles. The third kappa shape index (κ3) is 3.34. The molecule has 35 heavy (non-hydrogen) atoms. The van der Waals surface area contributed by atoms with Gasteiger partial charge in [-0.2, -0.15) is 0 Å². The summed E-state index contributed by atoms with van der Waals surface area (Å²) in [7, 11) is 2.45. The third-order valence-corrected chi connectivity index (χ3v) is 6.57. The fraction of sp³-hybridized carbons (Fsp3) is 0.179. The molecule has 0 amide bonds. The highest BCUT2D eigenvalue weighted by Gasteiger charge is 2.64. The highest BCUT2D eigenvalue weighted by Crippen LogP contribution is 2.58. The van der Waals surface area contributed by atoms with E-state index in [1.54, 1.807) is 23.0 Å². The lowest BCUT2D eigenvalue weighted by Crippen LogP contribution is -2.46. The van der Waals surface area contributed by atoms with E-state index < -0.39 is 29.2 Å². The van der Waals surface area contributed by atoms with E-state index in [1.807, 2.05) is 55.5 Å². The highest BCUT2D eigenvalue weighted by atomic mass is 19.1. The van der Waals surface area contributed by atoms with Crippen LogP contribution < -0.4 is 0 Å². The smallest absolute Gasteiger partial charge is 0.330 e. The van der Waals surface area contributed by atoms with E-state index in [1.165, 1.54) is 26.4 Å². The standard InChI is InChI=1S/C28H23FN2O4/c1-17-9-12-23-24(13-17)31(16-30-23)25-20-11-10-19(29)15-21(20)22(14-18-7-5-4-6-8-18)28(25,26(32)34-2)27(33)35-3/h4-16,25H,1-3H3/b22-14-. The monoisotopic (exact) mass is 470 g/mol. The van der Waals surface area contributed by atoms with Gasteiger partial charge in [-0.05, 0) is 65.1 Å². The number of hydrogen-bond acceptors (Lipinski definition) is 5. The van der Waals surface area contributed by atoms with Gasteiger partial charge in [0.1, 0.15) is 5.82 Å². The van der Waals surface area contributed by atoms with Gasteiger partial charge in [0.05, 0.1) is 37.6 Å². The molecule has 7 heteroatoms. The predicted molar refractivity (Wildman–Crippen MR) is 130 cm³/mol. The van der Waals surface area contributed by atoms with E-state index in [0.717, 1.165) is 16.6 Å². The number of aromatic nitrogens is 2. The van der Waals surface area contributed by atoms with Crippen molar-refractivity contribution < 1.29 is 23.5 Å². The summed E-state index contributed by atoms with van der Waals surface area (Å²) < 4.78 is 26.9. The Labute approximate surface area is 201 Å². The Morgan fingerprint density at radius 3 is 2.40 bits per heavy atom. The average Bonchev–Trinajstić information content (AvgIpc) is 3.40. The molecular formula is C28H23FN2O4. The lowest BCUT2D eigenvalue weighted by molar-refractivity contribution is -0.165. The van der Waals surface area contributed by atoms with Crippen LogP contribution in [-0.2, 0) is 19.1 Å². The Morgan fingerprint density at radius 1 is 1.00 bits per heavy atom. The van der Waals surface area contributed by atoms with Crippen molar-refractivity contribution in [2.45, 2.75) is 13.0 Å². The molecule has 0 saturated carbocycles. The summed E-state index contributed by atoms with van der Waals surface area (Å²) in [6, 6.07) is 18.3. The summed E-state index contributed by atoms with van der Waals surface area (Å²) in [4.78, 5) is 31.9. The summed E-state index contributed by atoms with van der Waals surface area (Å²) in [6.45, 7) is 1.95. The number of halogens is 1. The zero-order valence-electron chi connectivity index (χ0n) is 19.5. The number of benzene rings is 3. The second-order valence-electron chi connectivity index (χ2n) is 8.54. The minimum Gasteiger partial charge on any atom is -0.468 e. The van der Waals surface area contributed by atoms with Crippen molar-refractivity contribution in [2.75, 3.05) is 14.2 Å². The molecule has 1 aromatic heterocycles. The summed E-state index contributed by atoms with van der Waals surface area (Å²) in [6.07, 6.45) is 3.31. The first kappa shape index (κ1) is 22.5. The molecule has 1 heterocycles. The van der Waals surface area contributed by atoms with Crippen molar-refractivity contribution in [2.24, 2.45) is 5.41 Å². The molecule has 6 nitrogen and oxygen atoms in total. The number of imidazole rings is 1. The first-order valence-electron chi connectivity index (χ1n) is 11.1. The fourth-order valence-corrected chi connectivity index (χ4v) is 5.05. The number of methoxy groups -OCH3 is 2. The number of nitrogens with zero attached hydrogens (tertiary/aromatic N) is 2. The van der Waals surface area contributed by atoms with Crippen molar-refractivity contribution in [3.8, 4) is 0 Å². The number of esters is 2. The molecular weight excluding hydrogens is 447 g/mol. The number of rotatable bonds is 4. The van der Waals surface area contributed by atoms with Gasteiger partial charge < -0.3 is 14.0 Å². The maximum atomic E-state index is 14.6. The molecule has 0 radical (unpaired) electrons. The van der Waals surface area contributed by atoms with Gasteiger partial charge in [0.2, 0.25) is 5.41 Å². The van der Waals surface area contributed by atoms with E-state index in [2.05, 4.69) is 4.98 Å². The van der Waals surface area contributed by atoms with Crippen molar-refractivity contribution in [1.82, 2.24) is 9.55 Å². The molecule has 4 aromatic rings. The first-order valence-corrected chi connectivity index (χ1v) is 11.1. The molecule has 1 atom stereocenters. The number of hydrogen-bond donors (Lipinski definition) is 0. The van der Waals surface area contributed by atoms with Crippen LogP contribution in [0, 0.1) is 18.2 Å². The normalized spacial score (nSPS) is 17.4. The zero-order chi connectivity index (χ0) is 24.7. The van der Waals surface area contributed by atoms with Gasteiger partial charge in [0.25, 0.3) is 0 Å². The van der Waals surface area contributed by atoms with Crippen molar-refractivity contribution >= 4 is 34.6 Å². The van der Waals surface area contributed by atoms with Crippen LogP contribution >= 0.6 is 0 Å². The van der Waals surface area contributed by atoms with Crippen molar-refractivity contribution in [1.29, 1.82) is 0 Å². The van der Waals surface area contributed by atoms with E-state index >= 15 is 0 Å². The van der Waals surface area contributed by atoms with Gasteiger partial charge in [-0.1, -0.05) is 42.5 Å². The maximum absolute atomic E-state index is 14.6. The largest absolute Gasteiger partial charge is 0.468 e. The second-order valence-corrected chi connectivity index (χ2v) is 8.54. The summed E-state index contributed by atoms with van der Waals surface area (Å²) in [5.74, 6) is -2.09. The number of aryl methyl sites for hydroxylation is 1. The summed E-state index contributed by atoms with van der Waals surface area (Å²) >= 11 is 0. The molecule has 0 N–H and O–H groups in total. The molecule has 3 aromatic carbocycles. The van der Waals surface area contributed by atoms with Crippen molar-refractivity contribution in [3.05, 3.63) is 101 Å². The molecule has 1 unspecified atom stereocenters. The molecule has 0 fully saturated rings. The maximum Gasteiger partial charge on any atom is 0.330 e. The lowest BCUT2D eigenvalue weighted by atomic mass is 9.76. The van der Waals surface area contributed by atoms with Gasteiger partial charge in [-0.15, -0.1) is 0 Å². The number of carbonyl (C=O) groups is 2. The average molecular weight is 471 g/mol. The second kappa shape index (κ2) is 8.51. The molecule has 1 aliphatic rings. The number of carbonyl (C=O) groups excluding carboxylic acids is 2. The van der Waals surface area contributed by atoms with Crippen LogP contribution in [0.1, 0.15) is 28.3 Å². The van der Waals surface area contributed by atoms with Gasteiger partial charge in [0, 0.05) is 0 Å². The molecule has 0 spiro atoms. The van der Waals surface area contributed by atoms with Crippen LogP contribution in [0.3, 0.4) is 0 Å². The minimum absolute atomic E-state index is 0.302. The summed E-state index contributed by atoms with van der Waals surface area (Å²) in [5, 5.41) is 0. The summed E-state index contributed by atoms with van der Waals surface area (Å²) in [5.41, 5.74) is 2.53. The number of ether oxygens (including phenoxy) is 2. The van der Waals surface area contributed by atoms with Crippen LogP contribution in [0.5, 0.6) is 0 Å². The Balaban J connectivity index is 1.92. The van der Waals surface area contributed by atoms with Crippen LogP contribution in [0.15, 0.2) is 73.1 Å². The molecule has 0 saturated heterocycles. The zero-order valence-corrected chi connectivity index (χ0v) is 19.5. The van der Waals surface area contributed by atoms with Gasteiger partial charge >= 0.3 is 11.9 Å². The van der Waals surface area contributed by atoms with Crippen LogP contribution in [0.4, 0.5) is 4.39 Å². The highest BCUT2D eigenvalue weighted by molar-refractivity contribution is 6.18. The van der Waals surface area contributed by atoms with E-state index in [4.69, 9.17) is 9.47 Å². The Morgan fingerprint density at radius 2 is 1.71 bits per heavy atom. The molecule has 176 valence electrons. The van der Waals surface area contributed by atoms with Gasteiger partial charge in [-0.3, -0.25) is 9.59 Å². The SMILES string of the molecule is COC(=O)C1(C(=O)OC)/C(=C\c2ccccc2)c2cc(F)ccc2C1n1cnc2ccc(C)cc21. The van der Waals surface area contributed by atoms with Gasteiger partial charge in [-0.25, -0.2) is 9.37 Å². The Kier molecular flexibility index (Phi) is 5.47. The van der Waals surface area contributed by atoms with Gasteiger partial charge in [0.15, 0.2) is 0 Å². The molecule has 5 rings (SSSR count). The minimum atomic E-state index is -1.94. The van der Waals surface area contributed by atoms with E-state index in [0.29, 0.717) is 22.2 Å². The Hall–Kier alpha value is -4.26. The van der Waals surface area contributed by atoms with E-state index in [9.17, 15) is 14.0 Å². The first-order chi connectivity index (χ1) is 16.9. The van der Waals surface area contributed by atoms with Crippen LogP contribution in [-0.4, -0.2) is 35.7 Å². The van der Waals surface area contributed by atoms with E-state index in [-0.39, 0.29) is 0 Å². The van der Waals surface area contributed by atoms with Crippen LogP contribution in [0.25, 0.3) is 22.7 Å².